The van der Waals surface area contributed by atoms with E-state index in [2.05, 4.69) is 10.3 Å². The predicted molar refractivity (Wildman–Crippen MR) is 47.0 cm³/mol. The lowest BCUT2D eigenvalue weighted by atomic mass is 10.7. The molecule has 0 radical (unpaired) electrons. The highest BCUT2D eigenvalue weighted by Crippen LogP contribution is 2.15. The zero-order chi connectivity index (χ0) is 8.27. The van der Waals surface area contributed by atoms with E-state index in [1.54, 1.807) is 18.8 Å². The third-order valence-electron chi connectivity index (χ3n) is 1.40. The molecule has 0 saturated carbocycles. The molecule has 62 valence electrons. The average Bonchev–Trinajstić information content (AvgIpc) is 2.37. The molecule has 11 heavy (non-hydrogen) atoms. The summed E-state index contributed by atoms with van der Waals surface area (Å²) >= 11 is 1.61. The molecule has 0 bridgehead atoms. The Bertz CT molecular complexity index is 192. The molecule has 1 aliphatic rings. The molecule has 5 heteroatoms. The second-order valence-electron chi connectivity index (χ2n) is 2.22. The molecule has 0 unspecified atom stereocenters. The van der Waals surface area contributed by atoms with Gasteiger partial charge in [-0.3, -0.25) is 0 Å². The van der Waals surface area contributed by atoms with Gasteiger partial charge in [-0.05, 0) is 0 Å². The van der Waals surface area contributed by atoms with Gasteiger partial charge in [-0.2, -0.15) is 4.99 Å². The van der Waals surface area contributed by atoms with Crippen molar-refractivity contribution in [3.05, 3.63) is 0 Å². The first-order chi connectivity index (χ1) is 5.24. The van der Waals surface area contributed by atoms with E-state index < -0.39 is 0 Å². The molecule has 2 amide bonds. The fourth-order valence-corrected chi connectivity index (χ4v) is 1.75. The highest BCUT2D eigenvalue weighted by molar-refractivity contribution is 8.14. The summed E-state index contributed by atoms with van der Waals surface area (Å²) in [6, 6.07) is -0.277. The number of hydrogen-bond donors (Lipinski definition) is 1. The van der Waals surface area contributed by atoms with Crippen LogP contribution in [0.2, 0.25) is 0 Å². The summed E-state index contributed by atoms with van der Waals surface area (Å²) < 4.78 is 0. The number of carbonyl (C=O) groups excluding carboxylic acids is 1. The third kappa shape index (κ3) is 2.11. The average molecular weight is 173 g/mol. The summed E-state index contributed by atoms with van der Waals surface area (Å²) in [6.45, 7) is 0.973. The minimum absolute atomic E-state index is 0.277. The molecular formula is C6H11N3OS. The maximum absolute atomic E-state index is 10.8. The van der Waals surface area contributed by atoms with Gasteiger partial charge in [-0.1, -0.05) is 11.8 Å². The van der Waals surface area contributed by atoms with Gasteiger partial charge in [0.25, 0.3) is 0 Å². The third-order valence-corrected chi connectivity index (χ3v) is 2.44. The van der Waals surface area contributed by atoms with Gasteiger partial charge in [0.2, 0.25) is 0 Å². The quantitative estimate of drug-likeness (QED) is 0.575. The summed E-state index contributed by atoms with van der Waals surface area (Å²) in [5.74, 6) is 1.02. The SMILES string of the molecule is CNC(=O)/N=C1/SCCN1C. The number of hydrogen-bond acceptors (Lipinski definition) is 2. The van der Waals surface area contributed by atoms with E-state index in [-0.39, 0.29) is 6.03 Å². The van der Waals surface area contributed by atoms with Crippen molar-refractivity contribution in [2.24, 2.45) is 4.99 Å². The van der Waals surface area contributed by atoms with Crippen molar-refractivity contribution in [2.45, 2.75) is 0 Å². The monoisotopic (exact) mass is 173 g/mol. The summed E-state index contributed by atoms with van der Waals surface area (Å²) in [4.78, 5) is 16.6. The van der Waals surface area contributed by atoms with Crippen LogP contribution in [0.3, 0.4) is 0 Å². The van der Waals surface area contributed by atoms with Crippen LogP contribution in [-0.2, 0) is 0 Å². The van der Waals surface area contributed by atoms with E-state index in [0.717, 1.165) is 17.5 Å². The Kier molecular flexibility index (Phi) is 2.76. The number of nitrogens with one attached hydrogen (secondary N) is 1. The number of amides is 2. The Labute approximate surface area is 70.0 Å². The number of nitrogens with zero attached hydrogens (tertiary/aromatic N) is 2. The van der Waals surface area contributed by atoms with Crippen LogP contribution in [0.4, 0.5) is 4.79 Å². The number of aliphatic imine (C=N–C) groups is 1. The van der Waals surface area contributed by atoms with Crippen LogP contribution in [0.1, 0.15) is 0 Å². The zero-order valence-corrected chi connectivity index (χ0v) is 7.44. The molecule has 1 aliphatic heterocycles. The normalized spacial score (nSPS) is 20.9. The number of rotatable bonds is 0. The topological polar surface area (TPSA) is 44.7 Å². The van der Waals surface area contributed by atoms with Crippen LogP contribution < -0.4 is 5.32 Å². The summed E-state index contributed by atoms with van der Waals surface area (Å²) in [5, 5.41) is 3.26. The van der Waals surface area contributed by atoms with Crippen molar-refractivity contribution in [3.63, 3.8) is 0 Å². The van der Waals surface area contributed by atoms with Gasteiger partial charge in [0.15, 0.2) is 5.17 Å². The molecule has 0 aromatic carbocycles. The summed E-state index contributed by atoms with van der Waals surface area (Å²) in [5.41, 5.74) is 0. The van der Waals surface area contributed by atoms with Crippen LogP contribution in [0.25, 0.3) is 0 Å². The molecule has 0 atom stereocenters. The zero-order valence-electron chi connectivity index (χ0n) is 6.63. The Hall–Kier alpha value is -0.710. The van der Waals surface area contributed by atoms with Crippen molar-refractivity contribution < 1.29 is 4.79 Å². The molecular weight excluding hydrogens is 162 g/mol. The van der Waals surface area contributed by atoms with Crippen molar-refractivity contribution in [1.29, 1.82) is 0 Å². The Morgan fingerprint density at radius 2 is 2.55 bits per heavy atom. The molecule has 0 aromatic rings. The van der Waals surface area contributed by atoms with Crippen molar-refractivity contribution in [3.8, 4) is 0 Å². The molecule has 1 fully saturated rings. The van der Waals surface area contributed by atoms with E-state index in [9.17, 15) is 4.79 Å². The number of thioether (sulfide) groups is 1. The molecule has 0 aromatic heterocycles. The summed E-state index contributed by atoms with van der Waals surface area (Å²) in [6.07, 6.45) is 0. The predicted octanol–water partition coefficient (Wildman–Crippen LogP) is 0.360. The minimum Gasteiger partial charge on any atom is -0.353 e. The number of amidine groups is 1. The summed E-state index contributed by atoms with van der Waals surface area (Å²) in [7, 11) is 3.51. The standard InChI is InChI=1S/C6H11N3OS/c1-7-5(10)8-6-9(2)3-4-11-6/h3-4H2,1-2H3,(H,7,10)/b8-6+. The van der Waals surface area contributed by atoms with Gasteiger partial charge < -0.3 is 10.2 Å². The Balaban J connectivity index is 2.57. The highest BCUT2D eigenvalue weighted by atomic mass is 32.2. The maximum Gasteiger partial charge on any atom is 0.343 e. The first kappa shape index (κ1) is 8.39. The molecule has 1 saturated heterocycles. The van der Waals surface area contributed by atoms with E-state index in [0.29, 0.717) is 0 Å². The Morgan fingerprint density at radius 1 is 1.82 bits per heavy atom. The second-order valence-corrected chi connectivity index (χ2v) is 3.28. The molecule has 1 heterocycles. The van der Waals surface area contributed by atoms with Gasteiger partial charge in [-0.15, -0.1) is 0 Å². The largest absolute Gasteiger partial charge is 0.353 e. The lowest BCUT2D eigenvalue weighted by Crippen LogP contribution is -2.22. The van der Waals surface area contributed by atoms with Gasteiger partial charge >= 0.3 is 6.03 Å². The van der Waals surface area contributed by atoms with Gasteiger partial charge in [0, 0.05) is 26.4 Å². The number of urea groups is 1. The highest BCUT2D eigenvalue weighted by Gasteiger charge is 2.15. The Morgan fingerprint density at radius 3 is 3.00 bits per heavy atom. The van der Waals surface area contributed by atoms with Crippen LogP contribution in [-0.4, -0.2) is 42.5 Å². The van der Waals surface area contributed by atoms with E-state index in [1.807, 2.05) is 11.9 Å². The maximum atomic E-state index is 10.8. The molecule has 1 N–H and O–H groups in total. The number of carbonyl (C=O) groups is 1. The van der Waals surface area contributed by atoms with E-state index in [4.69, 9.17) is 0 Å². The lowest BCUT2D eigenvalue weighted by Gasteiger charge is -2.08. The molecule has 0 aliphatic carbocycles. The smallest absolute Gasteiger partial charge is 0.343 e. The van der Waals surface area contributed by atoms with Crippen LogP contribution >= 0.6 is 11.8 Å². The van der Waals surface area contributed by atoms with E-state index >= 15 is 0 Å². The van der Waals surface area contributed by atoms with E-state index in [1.165, 1.54) is 0 Å². The van der Waals surface area contributed by atoms with Crippen molar-refractivity contribution in [1.82, 2.24) is 10.2 Å². The van der Waals surface area contributed by atoms with Gasteiger partial charge in [0.1, 0.15) is 0 Å². The van der Waals surface area contributed by atoms with Crippen LogP contribution in [0.15, 0.2) is 4.99 Å². The first-order valence-corrected chi connectivity index (χ1v) is 4.37. The first-order valence-electron chi connectivity index (χ1n) is 3.38. The van der Waals surface area contributed by atoms with Crippen molar-refractivity contribution >= 4 is 23.0 Å². The molecule has 4 nitrogen and oxygen atoms in total. The van der Waals surface area contributed by atoms with Crippen LogP contribution in [0.5, 0.6) is 0 Å². The fourth-order valence-electron chi connectivity index (χ4n) is 0.740. The van der Waals surface area contributed by atoms with Gasteiger partial charge in [-0.25, -0.2) is 4.79 Å². The van der Waals surface area contributed by atoms with Crippen molar-refractivity contribution in [2.75, 3.05) is 26.4 Å². The van der Waals surface area contributed by atoms with Gasteiger partial charge in [0.05, 0.1) is 0 Å². The second kappa shape index (κ2) is 3.61. The minimum atomic E-state index is -0.277. The van der Waals surface area contributed by atoms with Crippen LogP contribution in [0, 0.1) is 0 Å². The molecule has 1 rings (SSSR count). The lowest BCUT2D eigenvalue weighted by molar-refractivity contribution is 0.251. The molecule has 0 spiro atoms. The fraction of sp³-hybridized carbons (Fsp3) is 0.667.